The molecule has 1 unspecified atom stereocenters. The van der Waals surface area contributed by atoms with Crippen LogP contribution >= 0.6 is 11.6 Å². The predicted octanol–water partition coefficient (Wildman–Crippen LogP) is 2.87. The number of fused-ring (bicyclic) bond motifs is 2. The van der Waals surface area contributed by atoms with Gasteiger partial charge in [0.1, 0.15) is 24.4 Å². The lowest BCUT2D eigenvalue weighted by Gasteiger charge is -2.61. The number of hydrogen-bond acceptors (Lipinski definition) is 13. The van der Waals surface area contributed by atoms with Crippen molar-refractivity contribution in [3.63, 3.8) is 0 Å². The van der Waals surface area contributed by atoms with Crippen molar-refractivity contribution in [2.45, 2.75) is 122 Å². The third kappa shape index (κ3) is 6.67. The molecule has 46 heavy (non-hydrogen) atoms. The molecule has 13 nitrogen and oxygen atoms in total. The second-order valence-electron chi connectivity index (χ2n) is 12.5. The van der Waals surface area contributed by atoms with Crippen molar-refractivity contribution in [2.24, 2.45) is 17.3 Å². The number of ether oxygens (including phenoxy) is 6. The van der Waals surface area contributed by atoms with Gasteiger partial charge in [-0.2, -0.15) is 0 Å². The summed E-state index contributed by atoms with van der Waals surface area (Å²) in [5.41, 5.74) is -6.04. The van der Waals surface area contributed by atoms with E-state index in [2.05, 4.69) is 6.58 Å². The standard InChI is InChI=1S/C32H43ClO13/c1-10-11-24(38)44-23-14-22(42-18(5)35)30(8)21(41-17(4)34)13-12-15(2)25(33)27-32(40,16(3)29(39)45-27)28(43-19(6)36)26(30)31(23,9)46-20(7)37/h12-13,16,21-23,25-28,40H,2,10-11,14H2,1,3-9H3/b13-12+/t16-,21-,22+,23+,25-,26+,27-,28?,30+,31+,32-/m0/s1. The van der Waals surface area contributed by atoms with Gasteiger partial charge in [-0.3, -0.25) is 28.8 Å². The molecule has 2 aliphatic carbocycles. The largest absolute Gasteiger partial charge is 0.462 e. The van der Waals surface area contributed by atoms with E-state index < -0.39 is 100 Å². The molecule has 0 aromatic rings. The van der Waals surface area contributed by atoms with Gasteiger partial charge in [-0.1, -0.05) is 26.5 Å². The monoisotopic (exact) mass is 670 g/mol. The lowest BCUT2D eigenvalue weighted by atomic mass is 9.51. The van der Waals surface area contributed by atoms with Crippen molar-refractivity contribution in [2.75, 3.05) is 0 Å². The summed E-state index contributed by atoms with van der Waals surface area (Å²) in [5.74, 6) is -7.78. The van der Waals surface area contributed by atoms with Crippen LogP contribution in [0.15, 0.2) is 24.3 Å². The van der Waals surface area contributed by atoms with Crippen LogP contribution in [0.3, 0.4) is 0 Å². The average molecular weight is 671 g/mol. The third-order valence-corrected chi connectivity index (χ3v) is 9.77. The van der Waals surface area contributed by atoms with Crippen molar-refractivity contribution in [3.8, 4) is 0 Å². The summed E-state index contributed by atoms with van der Waals surface area (Å²) < 4.78 is 35.1. The number of halogens is 1. The summed E-state index contributed by atoms with van der Waals surface area (Å²) in [6.45, 7) is 14.5. The van der Waals surface area contributed by atoms with E-state index in [9.17, 15) is 33.9 Å². The average Bonchev–Trinajstić information content (AvgIpc) is 3.15. The number of carbonyl (C=O) groups is 6. The molecule has 0 bridgehead atoms. The normalized spacial score (nSPS) is 39.4. The molecule has 14 heteroatoms. The zero-order chi connectivity index (χ0) is 34.9. The Labute approximate surface area is 272 Å². The molecule has 2 fully saturated rings. The van der Waals surface area contributed by atoms with E-state index in [1.165, 1.54) is 32.9 Å². The Balaban J connectivity index is 2.57. The zero-order valence-electron chi connectivity index (χ0n) is 27.3. The number of aliphatic hydroxyl groups is 1. The molecular formula is C32H43ClO13. The van der Waals surface area contributed by atoms with Gasteiger partial charge in [0.2, 0.25) is 0 Å². The topological polar surface area (TPSA) is 178 Å². The van der Waals surface area contributed by atoms with Crippen LogP contribution in [0.5, 0.6) is 0 Å². The van der Waals surface area contributed by atoms with E-state index in [-0.39, 0.29) is 18.4 Å². The van der Waals surface area contributed by atoms with Gasteiger partial charge in [-0.25, -0.2) is 0 Å². The summed E-state index contributed by atoms with van der Waals surface area (Å²) in [7, 11) is 0. The van der Waals surface area contributed by atoms with Crippen molar-refractivity contribution in [3.05, 3.63) is 24.3 Å². The zero-order valence-corrected chi connectivity index (χ0v) is 28.1. The molecule has 0 radical (unpaired) electrons. The van der Waals surface area contributed by atoms with E-state index in [0.29, 0.717) is 6.42 Å². The lowest BCUT2D eigenvalue weighted by molar-refractivity contribution is -0.292. The van der Waals surface area contributed by atoms with Crippen molar-refractivity contribution >= 4 is 47.4 Å². The molecule has 256 valence electrons. The summed E-state index contributed by atoms with van der Waals surface area (Å²) in [4.78, 5) is 77.2. The quantitative estimate of drug-likeness (QED) is 0.238. The SMILES string of the molecule is C=C1/C=C/[C@H](OC(C)=O)[C@]2(C)[C@H](OC(C)=O)C[C@@H](OC(=O)CCC)[C@@](C)(OC(C)=O)[C@@H]2C(OC(C)=O)[C@]2(O)[C@@H](C)C(=O)O[C@H]2[C@H]1Cl. The molecular weight excluding hydrogens is 628 g/mol. The summed E-state index contributed by atoms with van der Waals surface area (Å²) in [6.07, 6.45) is -4.45. The number of allylic oxidation sites excluding steroid dienone is 1. The number of carbonyl (C=O) groups excluding carboxylic acids is 6. The lowest BCUT2D eigenvalue weighted by Crippen LogP contribution is -2.75. The number of rotatable bonds is 7. The van der Waals surface area contributed by atoms with E-state index >= 15 is 0 Å². The van der Waals surface area contributed by atoms with Crippen molar-refractivity contribution in [1.29, 1.82) is 0 Å². The molecule has 0 spiro atoms. The minimum atomic E-state index is -2.45. The highest BCUT2D eigenvalue weighted by Crippen LogP contribution is 2.59. The van der Waals surface area contributed by atoms with Gasteiger partial charge in [-0.05, 0) is 31.9 Å². The highest BCUT2D eigenvalue weighted by Gasteiger charge is 2.75. The minimum absolute atomic E-state index is 0.0135. The summed E-state index contributed by atoms with van der Waals surface area (Å²) >= 11 is 6.78. The van der Waals surface area contributed by atoms with Crippen LogP contribution < -0.4 is 0 Å². The van der Waals surface area contributed by atoms with Gasteiger partial charge in [0.25, 0.3) is 0 Å². The number of hydrogen-bond donors (Lipinski definition) is 1. The summed E-state index contributed by atoms with van der Waals surface area (Å²) in [6, 6.07) is 0. The fourth-order valence-corrected chi connectivity index (χ4v) is 7.53. The first-order chi connectivity index (χ1) is 21.2. The Kier molecular flexibility index (Phi) is 11.0. The fourth-order valence-electron chi connectivity index (χ4n) is 7.21. The van der Waals surface area contributed by atoms with Gasteiger partial charge in [0, 0.05) is 40.5 Å². The number of alkyl halides is 1. The fraction of sp³-hybridized carbons (Fsp3) is 0.688. The second-order valence-corrected chi connectivity index (χ2v) is 13.0. The molecule has 0 aromatic carbocycles. The van der Waals surface area contributed by atoms with Crippen LogP contribution in [0.2, 0.25) is 0 Å². The van der Waals surface area contributed by atoms with Crippen molar-refractivity contribution in [1.82, 2.24) is 0 Å². The Hall–Kier alpha value is -3.45. The first-order valence-electron chi connectivity index (χ1n) is 15.1. The molecule has 1 heterocycles. The molecule has 0 aromatic heterocycles. The molecule has 1 aliphatic heterocycles. The molecule has 0 amide bonds. The van der Waals surface area contributed by atoms with Crippen molar-refractivity contribution < 1.29 is 62.3 Å². The van der Waals surface area contributed by atoms with Gasteiger partial charge >= 0.3 is 35.8 Å². The van der Waals surface area contributed by atoms with E-state index in [1.54, 1.807) is 6.92 Å². The van der Waals surface area contributed by atoms with E-state index in [0.717, 1.165) is 27.7 Å². The number of esters is 6. The van der Waals surface area contributed by atoms with E-state index in [4.69, 9.17) is 40.0 Å². The summed E-state index contributed by atoms with van der Waals surface area (Å²) in [5, 5.41) is 11.5. The highest BCUT2D eigenvalue weighted by molar-refractivity contribution is 6.23. The van der Waals surface area contributed by atoms with Crippen LogP contribution in [-0.2, 0) is 57.2 Å². The van der Waals surface area contributed by atoms with Crippen LogP contribution in [-0.4, -0.2) is 88.0 Å². The maximum Gasteiger partial charge on any atom is 0.312 e. The molecule has 1 saturated heterocycles. The molecule has 1 saturated carbocycles. The van der Waals surface area contributed by atoms with Crippen LogP contribution in [0.25, 0.3) is 0 Å². The van der Waals surface area contributed by atoms with Gasteiger partial charge < -0.3 is 33.5 Å². The Morgan fingerprint density at radius 2 is 1.57 bits per heavy atom. The van der Waals surface area contributed by atoms with Crippen LogP contribution in [0.4, 0.5) is 0 Å². The molecule has 11 atom stereocenters. The second kappa shape index (κ2) is 13.7. The first-order valence-corrected chi connectivity index (χ1v) is 15.5. The van der Waals surface area contributed by atoms with Crippen LogP contribution in [0, 0.1) is 17.3 Å². The maximum absolute atomic E-state index is 13.2. The Morgan fingerprint density at radius 1 is 0.978 bits per heavy atom. The molecule has 3 rings (SSSR count). The predicted molar refractivity (Wildman–Crippen MR) is 160 cm³/mol. The Morgan fingerprint density at radius 3 is 2.09 bits per heavy atom. The van der Waals surface area contributed by atoms with Crippen LogP contribution in [0.1, 0.15) is 74.7 Å². The molecule has 1 N–H and O–H groups in total. The smallest absolute Gasteiger partial charge is 0.312 e. The highest BCUT2D eigenvalue weighted by atomic mass is 35.5. The molecule has 3 aliphatic rings. The van der Waals surface area contributed by atoms with Gasteiger partial charge in [0.15, 0.2) is 17.3 Å². The van der Waals surface area contributed by atoms with E-state index in [1.807, 2.05) is 0 Å². The minimum Gasteiger partial charge on any atom is -0.462 e. The van der Waals surface area contributed by atoms with Gasteiger partial charge in [0.05, 0.1) is 22.6 Å². The Bertz CT molecular complexity index is 1310. The maximum atomic E-state index is 13.2. The third-order valence-electron chi connectivity index (χ3n) is 9.26. The van der Waals surface area contributed by atoms with Gasteiger partial charge in [-0.15, -0.1) is 11.6 Å². The first kappa shape index (κ1) is 37.0.